The largest absolute Gasteiger partial charge is 0.356 e. The Morgan fingerprint density at radius 1 is 1.21 bits per heavy atom. The Labute approximate surface area is 110 Å². The Balaban J connectivity index is 2.20. The van der Waals surface area contributed by atoms with Crippen LogP contribution in [0, 0.1) is 18.6 Å². The first kappa shape index (κ1) is 13.7. The molecule has 3 nitrogen and oxygen atoms in total. The summed E-state index contributed by atoms with van der Waals surface area (Å²) in [6, 6.07) is 3.91. The lowest BCUT2D eigenvalue weighted by Gasteiger charge is -2.01. The number of hydrogen-bond donors (Lipinski definition) is 1. The molecule has 0 fully saturated rings. The van der Waals surface area contributed by atoms with Crippen LogP contribution in [0.15, 0.2) is 22.7 Å². The van der Waals surface area contributed by atoms with Gasteiger partial charge in [0.05, 0.1) is 11.3 Å². The highest BCUT2D eigenvalue weighted by Gasteiger charge is 2.14. The van der Waals surface area contributed by atoms with Gasteiger partial charge < -0.3 is 9.84 Å². The summed E-state index contributed by atoms with van der Waals surface area (Å²) >= 11 is 0. The fraction of sp³-hybridized carbons (Fsp3) is 0.357. The van der Waals surface area contributed by atoms with E-state index in [0.717, 1.165) is 25.1 Å². The molecule has 2 aromatic rings. The van der Waals surface area contributed by atoms with Crippen molar-refractivity contribution in [2.24, 2.45) is 0 Å². The van der Waals surface area contributed by atoms with Gasteiger partial charge in [0, 0.05) is 12.6 Å². The normalized spacial score (nSPS) is 10.9. The van der Waals surface area contributed by atoms with E-state index in [1.807, 2.05) is 0 Å². The quantitative estimate of drug-likeness (QED) is 0.842. The SMILES string of the molecule is CCCNCc1cc(-c2cc(F)c(C)cc2F)on1. The van der Waals surface area contributed by atoms with E-state index in [4.69, 9.17) is 4.52 Å². The van der Waals surface area contributed by atoms with Crippen molar-refractivity contribution >= 4 is 0 Å². The first-order chi connectivity index (χ1) is 9.11. The van der Waals surface area contributed by atoms with Crippen LogP contribution in [0.4, 0.5) is 8.78 Å². The predicted octanol–water partition coefficient (Wildman–Crippen LogP) is 3.43. The number of benzene rings is 1. The van der Waals surface area contributed by atoms with Crippen molar-refractivity contribution in [3.8, 4) is 11.3 Å². The molecule has 19 heavy (non-hydrogen) atoms. The van der Waals surface area contributed by atoms with Crippen molar-refractivity contribution in [3.05, 3.63) is 41.1 Å². The standard InChI is InChI=1S/C14H16F2N2O/c1-3-4-17-8-10-6-14(19-18-10)11-7-12(15)9(2)5-13(11)16/h5-7,17H,3-4,8H2,1-2H3. The van der Waals surface area contributed by atoms with Crippen LogP contribution in [0.25, 0.3) is 11.3 Å². The molecule has 0 radical (unpaired) electrons. The molecule has 1 heterocycles. The summed E-state index contributed by atoms with van der Waals surface area (Å²) in [5.41, 5.74) is 1.03. The third kappa shape index (κ3) is 3.17. The predicted molar refractivity (Wildman–Crippen MR) is 68.6 cm³/mol. The topological polar surface area (TPSA) is 38.1 Å². The Kier molecular flexibility index (Phi) is 4.27. The van der Waals surface area contributed by atoms with E-state index < -0.39 is 11.6 Å². The zero-order chi connectivity index (χ0) is 13.8. The molecule has 0 aliphatic carbocycles. The van der Waals surface area contributed by atoms with Crippen molar-refractivity contribution in [2.45, 2.75) is 26.8 Å². The van der Waals surface area contributed by atoms with Crippen LogP contribution < -0.4 is 5.32 Å². The minimum absolute atomic E-state index is 0.0948. The van der Waals surface area contributed by atoms with Crippen LogP contribution in [-0.2, 0) is 6.54 Å². The summed E-state index contributed by atoms with van der Waals surface area (Å²) in [4.78, 5) is 0. The molecule has 0 saturated carbocycles. The number of nitrogens with one attached hydrogen (secondary N) is 1. The summed E-state index contributed by atoms with van der Waals surface area (Å²) in [5.74, 6) is -0.730. The molecule has 0 aliphatic rings. The van der Waals surface area contributed by atoms with Crippen LogP contribution in [0.5, 0.6) is 0 Å². The van der Waals surface area contributed by atoms with Gasteiger partial charge >= 0.3 is 0 Å². The average molecular weight is 266 g/mol. The molecule has 0 saturated heterocycles. The summed E-state index contributed by atoms with van der Waals surface area (Å²) in [6.07, 6.45) is 1.02. The molecule has 0 spiro atoms. The number of aryl methyl sites for hydroxylation is 1. The summed E-state index contributed by atoms with van der Waals surface area (Å²) in [7, 11) is 0. The Bertz CT molecular complexity index is 567. The Hall–Kier alpha value is -1.75. The lowest BCUT2D eigenvalue weighted by atomic mass is 10.1. The van der Waals surface area contributed by atoms with Crippen molar-refractivity contribution in [1.82, 2.24) is 10.5 Å². The molecule has 0 unspecified atom stereocenters. The van der Waals surface area contributed by atoms with Gasteiger partial charge in [0.25, 0.3) is 0 Å². The van der Waals surface area contributed by atoms with E-state index in [9.17, 15) is 8.78 Å². The minimum Gasteiger partial charge on any atom is -0.356 e. The van der Waals surface area contributed by atoms with Crippen molar-refractivity contribution in [3.63, 3.8) is 0 Å². The fourth-order valence-corrected chi connectivity index (χ4v) is 1.75. The van der Waals surface area contributed by atoms with Crippen LogP contribution >= 0.6 is 0 Å². The zero-order valence-corrected chi connectivity index (χ0v) is 11.0. The zero-order valence-electron chi connectivity index (χ0n) is 11.0. The van der Waals surface area contributed by atoms with E-state index in [-0.39, 0.29) is 16.9 Å². The summed E-state index contributed by atoms with van der Waals surface area (Å²) in [6.45, 7) is 5.00. The van der Waals surface area contributed by atoms with E-state index in [1.54, 1.807) is 6.07 Å². The third-order valence-corrected chi connectivity index (χ3v) is 2.81. The van der Waals surface area contributed by atoms with Crippen LogP contribution in [0.1, 0.15) is 24.6 Å². The third-order valence-electron chi connectivity index (χ3n) is 2.81. The van der Waals surface area contributed by atoms with E-state index in [2.05, 4.69) is 17.4 Å². The van der Waals surface area contributed by atoms with Gasteiger partial charge in [0.2, 0.25) is 0 Å². The highest BCUT2D eigenvalue weighted by molar-refractivity contribution is 5.59. The minimum atomic E-state index is -0.511. The van der Waals surface area contributed by atoms with Crippen LogP contribution in [0.3, 0.4) is 0 Å². The second-order valence-corrected chi connectivity index (χ2v) is 4.44. The number of aromatic nitrogens is 1. The van der Waals surface area contributed by atoms with E-state index in [1.165, 1.54) is 6.92 Å². The van der Waals surface area contributed by atoms with Gasteiger partial charge in [0.15, 0.2) is 5.76 Å². The van der Waals surface area contributed by atoms with Gasteiger partial charge in [-0.1, -0.05) is 12.1 Å². The molecule has 2 rings (SSSR count). The highest BCUT2D eigenvalue weighted by Crippen LogP contribution is 2.26. The van der Waals surface area contributed by atoms with Gasteiger partial charge in [-0.25, -0.2) is 8.78 Å². The number of hydrogen-bond acceptors (Lipinski definition) is 3. The maximum Gasteiger partial charge on any atom is 0.170 e. The van der Waals surface area contributed by atoms with Crippen molar-refractivity contribution in [1.29, 1.82) is 0 Å². The monoisotopic (exact) mass is 266 g/mol. The second-order valence-electron chi connectivity index (χ2n) is 4.44. The first-order valence-corrected chi connectivity index (χ1v) is 6.24. The molecule has 1 aromatic carbocycles. The fourth-order valence-electron chi connectivity index (χ4n) is 1.75. The molecule has 1 aromatic heterocycles. The van der Waals surface area contributed by atoms with Crippen molar-refractivity contribution in [2.75, 3.05) is 6.54 Å². The second kappa shape index (κ2) is 5.93. The maximum atomic E-state index is 13.8. The number of halogens is 2. The van der Waals surface area contributed by atoms with Gasteiger partial charge in [-0.05, 0) is 37.6 Å². The molecular formula is C14H16F2N2O. The molecular weight excluding hydrogens is 250 g/mol. The van der Waals surface area contributed by atoms with E-state index >= 15 is 0 Å². The molecule has 1 N–H and O–H groups in total. The van der Waals surface area contributed by atoms with Crippen LogP contribution in [0.2, 0.25) is 0 Å². The van der Waals surface area contributed by atoms with E-state index in [0.29, 0.717) is 12.2 Å². The van der Waals surface area contributed by atoms with Crippen molar-refractivity contribution < 1.29 is 13.3 Å². The Morgan fingerprint density at radius 3 is 2.74 bits per heavy atom. The Morgan fingerprint density at radius 2 is 2.00 bits per heavy atom. The van der Waals surface area contributed by atoms with Gasteiger partial charge in [0.1, 0.15) is 11.6 Å². The molecule has 0 amide bonds. The molecule has 0 aliphatic heterocycles. The highest BCUT2D eigenvalue weighted by atomic mass is 19.1. The lowest BCUT2D eigenvalue weighted by molar-refractivity contribution is 0.417. The van der Waals surface area contributed by atoms with Gasteiger partial charge in [-0.15, -0.1) is 0 Å². The van der Waals surface area contributed by atoms with Gasteiger partial charge in [-0.2, -0.15) is 0 Å². The molecule has 0 bridgehead atoms. The van der Waals surface area contributed by atoms with Crippen LogP contribution in [-0.4, -0.2) is 11.7 Å². The molecule has 0 atom stereocenters. The lowest BCUT2D eigenvalue weighted by Crippen LogP contribution is -2.13. The summed E-state index contributed by atoms with van der Waals surface area (Å²) in [5, 5.41) is 6.99. The maximum absolute atomic E-state index is 13.8. The smallest absolute Gasteiger partial charge is 0.170 e. The first-order valence-electron chi connectivity index (χ1n) is 6.24. The average Bonchev–Trinajstić information content (AvgIpc) is 2.83. The number of rotatable bonds is 5. The molecule has 102 valence electrons. The number of nitrogens with zero attached hydrogens (tertiary/aromatic N) is 1. The summed E-state index contributed by atoms with van der Waals surface area (Å²) < 4.78 is 32.3. The molecule has 5 heteroatoms. The van der Waals surface area contributed by atoms with Gasteiger partial charge in [-0.3, -0.25) is 0 Å².